The van der Waals surface area contributed by atoms with Gasteiger partial charge >= 0.3 is 6.01 Å². The third-order valence-corrected chi connectivity index (χ3v) is 5.97. The van der Waals surface area contributed by atoms with Gasteiger partial charge in [0.15, 0.2) is 5.75 Å². The van der Waals surface area contributed by atoms with E-state index in [9.17, 15) is 0 Å². The Kier molecular flexibility index (Phi) is 3.46. The van der Waals surface area contributed by atoms with Crippen molar-refractivity contribution in [2.45, 2.75) is 25.4 Å². The smallest absolute Gasteiger partial charge is 0.326 e. The number of halogens is 1. The third-order valence-electron chi connectivity index (χ3n) is 5.97. The zero-order valence-electron chi connectivity index (χ0n) is 16.4. The molecule has 1 fully saturated rings. The minimum Gasteiger partial charge on any atom is -0.421 e. The number of rotatable bonds is 3. The molecule has 0 aliphatic carbocycles. The number of hydrogen-bond donors (Lipinski definition) is 3. The molecule has 152 valence electrons. The monoisotopic (exact) mass is 406 g/mol. The Labute approximate surface area is 170 Å². The Morgan fingerprint density at radius 3 is 2.80 bits per heavy atom. The van der Waals surface area contributed by atoms with E-state index in [0.29, 0.717) is 47.3 Å². The molecule has 9 nitrogen and oxygen atoms in total. The summed E-state index contributed by atoms with van der Waals surface area (Å²) >= 11 is 0. The topological polar surface area (TPSA) is 118 Å². The van der Waals surface area contributed by atoms with Crippen LogP contribution < -0.4 is 20.7 Å². The first-order valence-electron chi connectivity index (χ1n) is 9.74. The molecule has 30 heavy (non-hydrogen) atoms. The van der Waals surface area contributed by atoms with Crippen molar-refractivity contribution in [3.8, 4) is 11.8 Å². The number of anilines is 2. The number of ether oxygens (including phenoxy) is 1. The van der Waals surface area contributed by atoms with Crippen molar-refractivity contribution >= 4 is 33.4 Å². The number of H-pyrrole nitrogens is 1. The highest BCUT2D eigenvalue weighted by Crippen LogP contribution is 2.45. The van der Waals surface area contributed by atoms with Crippen LogP contribution in [0.3, 0.4) is 0 Å². The van der Waals surface area contributed by atoms with Crippen molar-refractivity contribution in [1.82, 2.24) is 24.9 Å². The predicted octanol–water partition coefficient (Wildman–Crippen LogP) is 2.25. The fourth-order valence-electron chi connectivity index (χ4n) is 4.45. The SMILES string of the molecule is CNc1cc(F)c2c3c1[nH]c1nc(Oc4cnc(C)nc4)nc(c13)N1C[C@@H](N)[C@@H]1C2. The zero-order chi connectivity index (χ0) is 20.6. The van der Waals surface area contributed by atoms with Gasteiger partial charge in [0, 0.05) is 30.6 Å². The molecule has 0 unspecified atom stereocenters. The highest BCUT2D eigenvalue weighted by Gasteiger charge is 2.42. The summed E-state index contributed by atoms with van der Waals surface area (Å²) < 4.78 is 20.9. The van der Waals surface area contributed by atoms with Crippen LogP contribution in [-0.4, -0.2) is 50.6 Å². The molecule has 2 atom stereocenters. The maximum atomic E-state index is 15.0. The highest BCUT2D eigenvalue weighted by molar-refractivity contribution is 6.16. The van der Waals surface area contributed by atoms with Crippen molar-refractivity contribution < 1.29 is 9.13 Å². The van der Waals surface area contributed by atoms with E-state index in [-0.39, 0.29) is 23.9 Å². The molecule has 2 aliphatic rings. The predicted molar refractivity (Wildman–Crippen MR) is 111 cm³/mol. The molecule has 4 N–H and O–H groups in total. The van der Waals surface area contributed by atoms with Crippen LogP contribution in [0.1, 0.15) is 11.4 Å². The van der Waals surface area contributed by atoms with Gasteiger partial charge in [-0.25, -0.2) is 14.4 Å². The second-order valence-electron chi connectivity index (χ2n) is 7.72. The first-order valence-corrected chi connectivity index (χ1v) is 9.74. The van der Waals surface area contributed by atoms with Crippen LogP contribution in [0.2, 0.25) is 0 Å². The first-order chi connectivity index (χ1) is 14.5. The fourth-order valence-corrected chi connectivity index (χ4v) is 4.45. The minimum absolute atomic E-state index is 0.0239. The average molecular weight is 406 g/mol. The zero-order valence-corrected chi connectivity index (χ0v) is 16.4. The van der Waals surface area contributed by atoms with Crippen LogP contribution in [0.15, 0.2) is 18.5 Å². The molecule has 6 rings (SSSR count). The summed E-state index contributed by atoms with van der Waals surface area (Å²) in [7, 11) is 1.76. The van der Waals surface area contributed by atoms with E-state index in [1.54, 1.807) is 26.4 Å². The maximum absolute atomic E-state index is 15.0. The van der Waals surface area contributed by atoms with Crippen molar-refractivity contribution in [3.63, 3.8) is 0 Å². The van der Waals surface area contributed by atoms with Crippen LogP contribution in [0.4, 0.5) is 15.9 Å². The van der Waals surface area contributed by atoms with Gasteiger partial charge in [0.25, 0.3) is 0 Å². The molecule has 2 aliphatic heterocycles. The van der Waals surface area contributed by atoms with Crippen molar-refractivity contribution in [3.05, 3.63) is 35.7 Å². The second kappa shape index (κ2) is 5.99. The largest absolute Gasteiger partial charge is 0.421 e. The molecule has 4 aromatic rings. The summed E-state index contributed by atoms with van der Waals surface area (Å²) in [6.07, 6.45) is 3.67. The Morgan fingerprint density at radius 2 is 2.07 bits per heavy atom. The standard InChI is InChI=1S/C20H19FN8O/c1-8-24-5-9(6-25-8)30-20-27-18-16-15-10(11(21)4-13(23-2)17(15)26-18)3-14-12(22)7-29(14)19(16)28-20/h4-6,12,14,23H,3,7,22H2,1-2H3,(H,26,27,28)/t12-,14+/m1/s1. The third kappa shape index (κ3) is 2.31. The van der Waals surface area contributed by atoms with Gasteiger partial charge < -0.3 is 25.7 Å². The lowest BCUT2D eigenvalue weighted by molar-refractivity contribution is 0.370. The average Bonchev–Trinajstić information content (AvgIpc) is 3.06. The van der Waals surface area contributed by atoms with Gasteiger partial charge in [0.05, 0.1) is 35.0 Å². The van der Waals surface area contributed by atoms with Crippen LogP contribution in [0, 0.1) is 12.7 Å². The van der Waals surface area contributed by atoms with Crippen LogP contribution in [0.5, 0.6) is 11.8 Å². The summed E-state index contributed by atoms with van der Waals surface area (Å²) in [4.78, 5) is 23.0. The van der Waals surface area contributed by atoms with Gasteiger partial charge in [0.1, 0.15) is 23.1 Å². The Hall–Kier alpha value is -3.53. The summed E-state index contributed by atoms with van der Waals surface area (Å²) in [5.74, 6) is 1.54. The van der Waals surface area contributed by atoms with E-state index in [1.165, 1.54) is 6.07 Å². The van der Waals surface area contributed by atoms with E-state index in [1.807, 2.05) is 0 Å². The summed E-state index contributed by atoms with van der Waals surface area (Å²) in [5.41, 5.74) is 8.96. The number of nitrogens with zero attached hydrogens (tertiary/aromatic N) is 5. The van der Waals surface area contributed by atoms with E-state index >= 15 is 4.39 Å². The number of nitrogens with two attached hydrogens (primary N) is 1. The van der Waals surface area contributed by atoms with Crippen molar-refractivity contribution in [2.24, 2.45) is 5.73 Å². The number of benzene rings is 1. The van der Waals surface area contributed by atoms with Gasteiger partial charge in [-0.05, 0) is 19.4 Å². The lowest BCUT2D eigenvalue weighted by Crippen LogP contribution is -2.65. The van der Waals surface area contributed by atoms with E-state index < -0.39 is 0 Å². The summed E-state index contributed by atoms with van der Waals surface area (Å²) in [6.45, 7) is 2.44. The van der Waals surface area contributed by atoms with E-state index in [2.05, 4.69) is 35.1 Å². The van der Waals surface area contributed by atoms with Crippen LogP contribution >= 0.6 is 0 Å². The molecule has 1 aromatic carbocycles. The Bertz CT molecular complexity index is 1320. The van der Waals surface area contributed by atoms with Gasteiger partial charge in [-0.1, -0.05) is 0 Å². The van der Waals surface area contributed by atoms with Crippen molar-refractivity contribution in [2.75, 3.05) is 23.8 Å². The molecule has 0 spiro atoms. The molecular formula is C20H19FN8O. The fraction of sp³-hybridized carbons (Fsp3) is 0.300. The van der Waals surface area contributed by atoms with Gasteiger partial charge in [-0.3, -0.25) is 0 Å². The Morgan fingerprint density at radius 1 is 1.27 bits per heavy atom. The number of fused-ring (bicyclic) bond motifs is 2. The lowest BCUT2D eigenvalue weighted by Gasteiger charge is -2.46. The minimum atomic E-state index is -0.253. The molecule has 0 bridgehead atoms. The first kappa shape index (κ1) is 17.3. The molecule has 10 heteroatoms. The van der Waals surface area contributed by atoms with Crippen molar-refractivity contribution in [1.29, 1.82) is 0 Å². The Balaban J connectivity index is 1.61. The lowest BCUT2D eigenvalue weighted by atomic mass is 9.91. The molecular weight excluding hydrogens is 387 g/mol. The van der Waals surface area contributed by atoms with E-state index in [0.717, 1.165) is 16.3 Å². The summed E-state index contributed by atoms with van der Waals surface area (Å²) in [5, 5.41) is 4.66. The van der Waals surface area contributed by atoms with Crippen LogP contribution in [-0.2, 0) is 6.42 Å². The molecule has 0 amide bonds. The van der Waals surface area contributed by atoms with Gasteiger partial charge in [-0.15, -0.1) is 0 Å². The van der Waals surface area contributed by atoms with Gasteiger partial charge in [-0.2, -0.15) is 9.97 Å². The quantitative estimate of drug-likeness (QED) is 0.474. The number of aromatic amines is 1. The van der Waals surface area contributed by atoms with Gasteiger partial charge in [0.2, 0.25) is 0 Å². The maximum Gasteiger partial charge on any atom is 0.326 e. The second-order valence-corrected chi connectivity index (χ2v) is 7.72. The summed E-state index contributed by atoms with van der Waals surface area (Å²) in [6, 6.07) is 1.62. The number of nitrogens with one attached hydrogen (secondary N) is 2. The molecule has 3 aromatic heterocycles. The highest BCUT2D eigenvalue weighted by atomic mass is 19.1. The molecule has 0 saturated carbocycles. The van der Waals surface area contributed by atoms with Crippen LogP contribution in [0.25, 0.3) is 21.9 Å². The molecule has 5 heterocycles. The number of aromatic nitrogens is 5. The molecule has 0 radical (unpaired) electrons. The number of hydrogen-bond acceptors (Lipinski definition) is 8. The normalized spacial score (nSPS) is 19.7. The molecule has 1 saturated heterocycles. The number of aryl methyl sites for hydroxylation is 1. The van der Waals surface area contributed by atoms with E-state index in [4.69, 9.17) is 10.5 Å².